The predicted octanol–water partition coefficient (Wildman–Crippen LogP) is 1.32. The van der Waals surface area contributed by atoms with Crippen molar-refractivity contribution in [3.8, 4) is 0 Å². The van der Waals surface area contributed by atoms with Crippen LogP contribution in [-0.4, -0.2) is 11.7 Å². The zero-order chi connectivity index (χ0) is 8.97. The van der Waals surface area contributed by atoms with Gasteiger partial charge in [0.25, 0.3) is 0 Å². The van der Waals surface area contributed by atoms with E-state index in [2.05, 4.69) is 6.58 Å². The third-order valence-electron chi connectivity index (χ3n) is 1.80. The van der Waals surface area contributed by atoms with Gasteiger partial charge in [0.05, 0.1) is 12.6 Å². The summed E-state index contributed by atoms with van der Waals surface area (Å²) in [7, 11) is 0. The summed E-state index contributed by atoms with van der Waals surface area (Å²) in [5, 5.41) is 8.77. The maximum atomic E-state index is 8.77. The van der Waals surface area contributed by atoms with Crippen LogP contribution in [0.25, 0.3) is 6.08 Å². The van der Waals surface area contributed by atoms with E-state index in [0.717, 1.165) is 11.1 Å². The van der Waals surface area contributed by atoms with Crippen molar-refractivity contribution in [2.45, 2.75) is 6.04 Å². The Morgan fingerprint density at radius 2 is 2.00 bits per heavy atom. The lowest BCUT2D eigenvalue weighted by Gasteiger charge is -2.07. The van der Waals surface area contributed by atoms with Crippen LogP contribution in [0, 0.1) is 0 Å². The minimum Gasteiger partial charge on any atom is -0.394 e. The molecule has 0 fully saturated rings. The third kappa shape index (κ3) is 1.94. The lowest BCUT2D eigenvalue weighted by molar-refractivity contribution is 0.268. The van der Waals surface area contributed by atoms with Crippen LogP contribution in [0.3, 0.4) is 0 Å². The highest BCUT2D eigenvalue weighted by atomic mass is 16.3. The van der Waals surface area contributed by atoms with Gasteiger partial charge in [0.1, 0.15) is 0 Å². The normalized spacial score (nSPS) is 12.5. The number of hydrogen-bond donors (Lipinski definition) is 2. The SMILES string of the molecule is C=Cc1ccc([C@@H](N)CO)cc1. The lowest BCUT2D eigenvalue weighted by Crippen LogP contribution is -2.14. The van der Waals surface area contributed by atoms with Gasteiger partial charge < -0.3 is 10.8 Å². The van der Waals surface area contributed by atoms with Crippen LogP contribution in [0.15, 0.2) is 30.8 Å². The first-order valence-electron chi connectivity index (χ1n) is 3.86. The van der Waals surface area contributed by atoms with Gasteiger partial charge in [0.15, 0.2) is 0 Å². The summed E-state index contributed by atoms with van der Waals surface area (Å²) in [5.74, 6) is 0. The van der Waals surface area contributed by atoms with E-state index in [4.69, 9.17) is 10.8 Å². The second kappa shape index (κ2) is 4.04. The average molecular weight is 163 g/mol. The van der Waals surface area contributed by atoms with Gasteiger partial charge in [-0.15, -0.1) is 0 Å². The van der Waals surface area contributed by atoms with E-state index in [0.29, 0.717) is 0 Å². The summed E-state index contributed by atoms with van der Waals surface area (Å²) in [6, 6.07) is 7.38. The number of rotatable bonds is 3. The van der Waals surface area contributed by atoms with E-state index in [1.165, 1.54) is 0 Å². The summed E-state index contributed by atoms with van der Waals surface area (Å²) in [4.78, 5) is 0. The summed E-state index contributed by atoms with van der Waals surface area (Å²) >= 11 is 0. The molecule has 0 saturated heterocycles. The Morgan fingerprint density at radius 3 is 2.42 bits per heavy atom. The maximum Gasteiger partial charge on any atom is 0.0624 e. The monoisotopic (exact) mass is 163 g/mol. The van der Waals surface area contributed by atoms with Gasteiger partial charge in [-0.1, -0.05) is 36.9 Å². The molecule has 12 heavy (non-hydrogen) atoms. The van der Waals surface area contributed by atoms with E-state index in [1.807, 2.05) is 24.3 Å². The third-order valence-corrected chi connectivity index (χ3v) is 1.80. The first kappa shape index (κ1) is 8.97. The number of nitrogens with two attached hydrogens (primary N) is 1. The van der Waals surface area contributed by atoms with E-state index < -0.39 is 0 Å². The van der Waals surface area contributed by atoms with Crippen molar-refractivity contribution in [1.29, 1.82) is 0 Å². The molecule has 0 unspecified atom stereocenters. The number of aliphatic hydroxyl groups excluding tert-OH is 1. The van der Waals surface area contributed by atoms with Crippen LogP contribution in [-0.2, 0) is 0 Å². The Hall–Kier alpha value is -1.12. The standard InChI is InChI=1S/C10H13NO/c1-2-8-3-5-9(6-4-8)10(11)7-12/h2-6,10,12H,1,7,11H2/t10-/m0/s1. The van der Waals surface area contributed by atoms with Gasteiger partial charge in [0, 0.05) is 0 Å². The molecule has 0 aliphatic rings. The van der Waals surface area contributed by atoms with Crippen LogP contribution < -0.4 is 5.73 Å². The molecule has 0 bridgehead atoms. The van der Waals surface area contributed by atoms with Crippen LogP contribution in [0.4, 0.5) is 0 Å². The van der Waals surface area contributed by atoms with Gasteiger partial charge in [-0.25, -0.2) is 0 Å². The van der Waals surface area contributed by atoms with Crippen molar-refractivity contribution in [2.24, 2.45) is 5.73 Å². The average Bonchev–Trinajstić information content (AvgIpc) is 2.17. The fourth-order valence-electron chi connectivity index (χ4n) is 0.985. The molecule has 64 valence electrons. The van der Waals surface area contributed by atoms with Crippen molar-refractivity contribution < 1.29 is 5.11 Å². The van der Waals surface area contributed by atoms with Crippen molar-refractivity contribution in [3.63, 3.8) is 0 Å². The number of hydrogen-bond acceptors (Lipinski definition) is 2. The zero-order valence-corrected chi connectivity index (χ0v) is 6.90. The highest BCUT2D eigenvalue weighted by molar-refractivity contribution is 5.47. The number of aliphatic hydroxyl groups is 1. The Morgan fingerprint density at radius 1 is 1.42 bits per heavy atom. The molecule has 1 atom stereocenters. The van der Waals surface area contributed by atoms with Gasteiger partial charge in [-0.05, 0) is 11.1 Å². The molecule has 0 aromatic heterocycles. The van der Waals surface area contributed by atoms with E-state index in [-0.39, 0.29) is 12.6 Å². The van der Waals surface area contributed by atoms with Gasteiger partial charge in [-0.3, -0.25) is 0 Å². The second-order valence-corrected chi connectivity index (χ2v) is 2.66. The van der Waals surface area contributed by atoms with E-state index >= 15 is 0 Å². The molecule has 0 aliphatic carbocycles. The first-order chi connectivity index (χ1) is 5.77. The van der Waals surface area contributed by atoms with Gasteiger partial charge in [-0.2, -0.15) is 0 Å². The largest absolute Gasteiger partial charge is 0.394 e. The Balaban J connectivity index is 2.84. The van der Waals surface area contributed by atoms with Crippen LogP contribution >= 0.6 is 0 Å². The topological polar surface area (TPSA) is 46.2 Å². The van der Waals surface area contributed by atoms with E-state index in [1.54, 1.807) is 6.08 Å². The minimum absolute atomic E-state index is 0.0204. The quantitative estimate of drug-likeness (QED) is 0.706. The van der Waals surface area contributed by atoms with Gasteiger partial charge in [0.2, 0.25) is 0 Å². The summed E-state index contributed by atoms with van der Waals surface area (Å²) < 4.78 is 0. The molecule has 0 spiro atoms. The zero-order valence-electron chi connectivity index (χ0n) is 6.90. The molecule has 0 radical (unpaired) electrons. The minimum atomic E-state index is -0.274. The number of benzene rings is 1. The molecule has 1 aromatic carbocycles. The summed E-state index contributed by atoms with van der Waals surface area (Å²) in [6.07, 6.45) is 1.77. The fraction of sp³-hybridized carbons (Fsp3) is 0.200. The molecular weight excluding hydrogens is 150 g/mol. The Kier molecular flexibility index (Phi) is 3.02. The van der Waals surface area contributed by atoms with Crippen molar-refractivity contribution >= 4 is 6.08 Å². The smallest absolute Gasteiger partial charge is 0.0624 e. The van der Waals surface area contributed by atoms with Crippen molar-refractivity contribution in [3.05, 3.63) is 42.0 Å². The Labute approximate surface area is 72.3 Å². The summed E-state index contributed by atoms with van der Waals surface area (Å²) in [5.41, 5.74) is 7.62. The van der Waals surface area contributed by atoms with Crippen molar-refractivity contribution in [2.75, 3.05) is 6.61 Å². The molecule has 2 heteroatoms. The molecule has 0 saturated carbocycles. The summed E-state index contributed by atoms with van der Waals surface area (Å²) in [6.45, 7) is 3.62. The van der Waals surface area contributed by atoms with Crippen LogP contribution in [0.1, 0.15) is 17.2 Å². The molecular formula is C10H13NO. The predicted molar refractivity (Wildman–Crippen MR) is 50.5 cm³/mol. The van der Waals surface area contributed by atoms with Gasteiger partial charge >= 0.3 is 0 Å². The molecule has 1 aromatic rings. The molecule has 0 aliphatic heterocycles. The molecule has 0 amide bonds. The fourth-order valence-corrected chi connectivity index (χ4v) is 0.985. The molecule has 0 heterocycles. The highest BCUT2D eigenvalue weighted by Gasteiger charge is 2.01. The second-order valence-electron chi connectivity index (χ2n) is 2.66. The molecule has 3 N–H and O–H groups in total. The van der Waals surface area contributed by atoms with Crippen molar-refractivity contribution in [1.82, 2.24) is 0 Å². The van der Waals surface area contributed by atoms with Crippen LogP contribution in [0.5, 0.6) is 0 Å². The highest BCUT2D eigenvalue weighted by Crippen LogP contribution is 2.11. The lowest BCUT2D eigenvalue weighted by atomic mass is 10.1. The van der Waals surface area contributed by atoms with Crippen LogP contribution in [0.2, 0.25) is 0 Å². The Bertz CT molecular complexity index is 253. The van der Waals surface area contributed by atoms with E-state index in [9.17, 15) is 0 Å². The molecule has 1 rings (SSSR count). The molecule has 2 nitrogen and oxygen atoms in total. The first-order valence-corrected chi connectivity index (χ1v) is 3.86. The maximum absolute atomic E-state index is 8.77.